The van der Waals surface area contributed by atoms with Gasteiger partial charge in [0.15, 0.2) is 0 Å². The van der Waals surface area contributed by atoms with E-state index < -0.39 is 12.1 Å². The van der Waals surface area contributed by atoms with Crippen LogP contribution in [0.3, 0.4) is 0 Å². The molecule has 0 radical (unpaired) electrons. The summed E-state index contributed by atoms with van der Waals surface area (Å²) in [6.45, 7) is 3.74. The average molecular weight is 343 g/mol. The Kier molecular flexibility index (Phi) is 5.14. The first-order valence-corrected chi connectivity index (χ1v) is 8.19. The van der Waals surface area contributed by atoms with Crippen LogP contribution in [0, 0.1) is 6.92 Å². The molecule has 7 heteroatoms. The number of nitrogens with zero attached hydrogens (tertiary/aromatic N) is 3. The van der Waals surface area contributed by atoms with Crippen LogP contribution in [0.25, 0.3) is 0 Å². The first kappa shape index (κ1) is 17.2. The molecule has 0 saturated carbocycles. The van der Waals surface area contributed by atoms with Gasteiger partial charge in [-0.1, -0.05) is 30.3 Å². The van der Waals surface area contributed by atoms with E-state index in [1.54, 1.807) is 35.7 Å². The molecule has 1 fully saturated rings. The monoisotopic (exact) mass is 343 g/mol. The highest BCUT2D eigenvalue weighted by atomic mass is 16.5. The number of aromatic nitrogens is 2. The van der Waals surface area contributed by atoms with Crippen molar-refractivity contribution in [2.45, 2.75) is 13.0 Å². The molecule has 2 aromatic rings. The maximum atomic E-state index is 12.9. The standard InChI is InChI=1S/C18H21N3O4/c1-13-15(12-19-20(13)2)18(23)25-16(14-6-4-3-5-7-14)17(22)21-8-10-24-11-9-21/h3-7,12,16H,8-11H2,1-2H3. The second-order valence-electron chi connectivity index (χ2n) is 5.90. The van der Waals surface area contributed by atoms with Gasteiger partial charge in [-0.3, -0.25) is 9.48 Å². The molecule has 1 aromatic carbocycles. The maximum absolute atomic E-state index is 12.9. The minimum atomic E-state index is -0.980. The molecule has 0 bridgehead atoms. The molecular formula is C18H21N3O4. The summed E-state index contributed by atoms with van der Waals surface area (Å²) in [7, 11) is 1.75. The quantitative estimate of drug-likeness (QED) is 0.786. The normalized spacial score (nSPS) is 15.7. The average Bonchev–Trinajstić information content (AvgIpc) is 2.99. The molecule has 1 atom stereocenters. The van der Waals surface area contributed by atoms with Crippen LogP contribution in [-0.4, -0.2) is 52.9 Å². The predicted octanol–water partition coefficient (Wildman–Crippen LogP) is 1.49. The fourth-order valence-corrected chi connectivity index (χ4v) is 2.71. The molecule has 0 N–H and O–H groups in total. The van der Waals surface area contributed by atoms with Gasteiger partial charge in [0.1, 0.15) is 5.56 Å². The highest BCUT2D eigenvalue weighted by molar-refractivity contribution is 5.93. The van der Waals surface area contributed by atoms with Crippen LogP contribution in [-0.2, 0) is 21.3 Å². The number of amides is 1. The molecule has 1 aromatic heterocycles. The smallest absolute Gasteiger partial charge is 0.342 e. The van der Waals surface area contributed by atoms with Gasteiger partial charge in [-0.05, 0) is 6.92 Å². The lowest BCUT2D eigenvalue weighted by molar-refractivity contribution is -0.145. The molecule has 1 unspecified atom stereocenters. The molecule has 0 spiro atoms. The van der Waals surface area contributed by atoms with Gasteiger partial charge < -0.3 is 14.4 Å². The van der Waals surface area contributed by atoms with Gasteiger partial charge in [0, 0.05) is 31.4 Å². The summed E-state index contributed by atoms with van der Waals surface area (Å²) >= 11 is 0. The van der Waals surface area contributed by atoms with Gasteiger partial charge in [0.05, 0.1) is 19.4 Å². The SMILES string of the molecule is Cc1c(C(=O)OC(C(=O)N2CCOCC2)c2ccccc2)cnn1C. The highest BCUT2D eigenvalue weighted by Crippen LogP contribution is 2.23. The number of aryl methyl sites for hydroxylation is 1. The van der Waals surface area contributed by atoms with E-state index >= 15 is 0 Å². The Labute approximate surface area is 146 Å². The molecule has 1 aliphatic heterocycles. The van der Waals surface area contributed by atoms with Crippen molar-refractivity contribution in [2.24, 2.45) is 7.05 Å². The second-order valence-corrected chi connectivity index (χ2v) is 5.90. The third-order valence-corrected chi connectivity index (χ3v) is 4.33. The predicted molar refractivity (Wildman–Crippen MR) is 89.9 cm³/mol. The topological polar surface area (TPSA) is 73.7 Å². The fourth-order valence-electron chi connectivity index (χ4n) is 2.71. The zero-order valence-electron chi connectivity index (χ0n) is 14.3. The lowest BCUT2D eigenvalue weighted by Gasteiger charge is -2.30. The van der Waals surface area contributed by atoms with E-state index in [9.17, 15) is 9.59 Å². The van der Waals surface area contributed by atoms with Crippen LogP contribution < -0.4 is 0 Å². The van der Waals surface area contributed by atoms with Gasteiger partial charge in [0.2, 0.25) is 6.10 Å². The molecule has 2 heterocycles. The minimum Gasteiger partial charge on any atom is -0.444 e. The molecule has 1 amide bonds. The van der Waals surface area contributed by atoms with Gasteiger partial charge >= 0.3 is 5.97 Å². The number of hydrogen-bond acceptors (Lipinski definition) is 5. The van der Waals surface area contributed by atoms with Crippen molar-refractivity contribution < 1.29 is 19.1 Å². The number of benzene rings is 1. The van der Waals surface area contributed by atoms with E-state index in [2.05, 4.69) is 5.10 Å². The number of carbonyl (C=O) groups is 2. The second kappa shape index (κ2) is 7.48. The summed E-state index contributed by atoms with van der Waals surface area (Å²) in [4.78, 5) is 27.2. The Hall–Kier alpha value is -2.67. The molecule has 1 saturated heterocycles. The van der Waals surface area contributed by atoms with E-state index in [0.29, 0.717) is 43.1 Å². The molecule has 0 aliphatic carbocycles. The lowest BCUT2D eigenvalue weighted by Crippen LogP contribution is -2.44. The van der Waals surface area contributed by atoms with Gasteiger partial charge in [-0.15, -0.1) is 0 Å². The number of ether oxygens (including phenoxy) is 2. The van der Waals surface area contributed by atoms with E-state index in [-0.39, 0.29) is 5.91 Å². The Bertz CT molecular complexity index is 751. The summed E-state index contributed by atoms with van der Waals surface area (Å²) < 4.78 is 12.5. The summed E-state index contributed by atoms with van der Waals surface area (Å²) in [6, 6.07) is 9.06. The van der Waals surface area contributed by atoms with Crippen molar-refractivity contribution in [2.75, 3.05) is 26.3 Å². The summed E-state index contributed by atoms with van der Waals surface area (Å²) in [5, 5.41) is 4.06. The highest BCUT2D eigenvalue weighted by Gasteiger charge is 2.31. The molecule has 3 rings (SSSR count). The van der Waals surface area contributed by atoms with E-state index in [1.807, 2.05) is 18.2 Å². The molecular weight excluding hydrogens is 322 g/mol. The van der Waals surface area contributed by atoms with Crippen molar-refractivity contribution >= 4 is 11.9 Å². The molecule has 132 valence electrons. The van der Waals surface area contributed by atoms with Crippen molar-refractivity contribution in [1.29, 1.82) is 0 Å². The Morgan fingerprint density at radius 3 is 2.48 bits per heavy atom. The number of esters is 1. The summed E-state index contributed by atoms with van der Waals surface area (Å²) in [6.07, 6.45) is 0.477. The fraction of sp³-hybridized carbons (Fsp3) is 0.389. The van der Waals surface area contributed by atoms with E-state index in [0.717, 1.165) is 0 Å². The van der Waals surface area contributed by atoms with Crippen LogP contribution in [0.4, 0.5) is 0 Å². The van der Waals surface area contributed by atoms with Crippen molar-refractivity contribution in [1.82, 2.24) is 14.7 Å². The zero-order valence-corrected chi connectivity index (χ0v) is 14.3. The Morgan fingerprint density at radius 2 is 1.88 bits per heavy atom. The van der Waals surface area contributed by atoms with Gasteiger partial charge in [-0.2, -0.15) is 5.10 Å². The van der Waals surface area contributed by atoms with Crippen LogP contribution >= 0.6 is 0 Å². The molecule has 1 aliphatic rings. The number of carbonyl (C=O) groups excluding carboxylic acids is 2. The van der Waals surface area contributed by atoms with Crippen LogP contribution in [0.2, 0.25) is 0 Å². The van der Waals surface area contributed by atoms with Crippen LogP contribution in [0.5, 0.6) is 0 Å². The molecule has 25 heavy (non-hydrogen) atoms. The number of morpholine rings is 1. The summed E-state index contributed by atoms with van der Waals surface area (Å²) in [5.41, 5.74) is 1.70. The largest absolute Gasteiger partial charge is 0.444 e. The van der Waals surface area contributed by atoms with Gasteiger partial charge in [0.25, 0.3) is 5.91 Å². The maximum Gasteiger partial charge on any atom is 0.342 e. The van der Waals surface area contributed by atoms with E-state index in [4.69, 9.17) is 9.47 Å². The van der Waals surface area contributed by atoms with Crippen LogP contribution in [0.1, 0.15) is 27.7 Å². The minimum absolute atomic E-state index is 0.232. The molecule has 7 nitrogen and oxygen atoms in total. The van der Waals surface area contributed by atoms with Crippen molar-refractivity contribution in [3.05, 3.63) is 53.3 Å². The first-order chi connectivity index (χ1) is 12.1. The van der Waals surface area contributed by atoms with Crippen molar-refractivity contribution in [3.63, 3.8) is 0 Å². The zero-order chi connectivity index (χ0) is 17.8. The summed E-state index contributed by atoms with van der Waals surface area (Å²) in [5.74, 6) is -0.787. The number of rotatable bonds is 4. The Morgan fingerprint density at radius 1 is 1.20 bits per heavy atom. The van der Waals surface area contributed by atoms with Crippen LogP contribution in [0.15, 0.2) is 36.5 Å². The lowest BCUT2D eigenvalue weighted by atomic mass is 10.1. The number of hydrogen-bond donors (Lipinski definition) is 0. The van der Waals surface area contributed by atoms with Crippen molar-refractivity contribution in [3.8, 4) is 0 Å². The van der Waals surface area contributed by atoms with E-state index in [1.165, 1.54) is 6.20 Å². The third-order valence-electron chi connectivity index (χ3n) is 4.33. The van der Waals surface area contributed by atoms with Gasteiger partial charge in [-0.25, -0.2) is 4.79 Å². The third kappa shape index (κ3) is 3.71. The Balaban J connectivity index is 1.85. The first-order valence-electron chi connectivity index (χ1n) is 8.19.